The molecule has 0 fully saturated rings. The number of H-pyrrole nitrogens is 1. The smallest absolute Gasteiger partial charge is 0.266 e. The van der Waals surface area contributed by atoms with Crippen LogP contribution in [-0.2, 0) is 10.0 Å². The van der Waals surface area contributed by atoms with E-state index in [-0.39, 0.29) is 9.92 Å². The largest absolute Gasteiger partial charge is 0.497 e. The number of nitrogens with one attached hydrogen (secondary N) is 2. The quantitative estimate of drug-likeness (QED) is 0.900. The summed E-state index contributed by atoms with van der Waals surface area (Å²) in [4.78, 5) is 13.3. The van der Waals surface area contributed by atoms with Crippen molar-refractivity contribution in [2.45, 2.75) is 11.8 Å². The first-order valence-electron chi connectivity index (χ1n) is 5.89. The molecule has 0 unspecified atom stereocenters. The first-order valence-corrected chi connectivity index (χ1v) is 7.75. The fraction of sp³-hybridized carbons (Fsp3) is 0.154. The predicted octanol–water partition coefficient (Wildman–Crippen LogP) is 2.15. The Hall–Kier alpha value is -1.99. The molecule has 0 aliphatic heterocycles. The number of ether oxygens (including phenoxy) is 1. The number of aryl methyl sites for hydroxylation is 1. The van der Waals surface area contributed by atoms with Crippen molar-refractivity contribution in [2.24, 2.45) is 0 Å². The van der Waals surface area contributed by atoms with Crippen molar-refractivity contribution < 1.29 is 13.2 Å². The monoisotopic (exact) mass is 328 g/mol. The van der Waals surface area contributed by atoms with Gasteiger partial charge in [0.05, 0.1) is 12.8 Å². The van der Waals surface area contributed by atoms with E-state index in [1.165, 1.54) is 7.11 Å². The number of anilines is 1. The molecule has 21 heavy (non-hydrogen) atoms. The fourth-order valence-electron chi connectivity index (χ4n) is 1.67. The van der Waals surface area contributed by atoms with Gasteiger partial charge >= 0.3 is 0 Å². The average Bonchev–Trinajstić information content (AvgIpc) is 2.43. The van der Waals surface area contributed by atoms with Gasteiger partial charge in [-0.15, -0.1) is 0 Å². The van der Waals surface area contributed by atoms with Gasteiger partial charge in [-0.25, -0.2) is 8.42 Å². The second-order valence-corrected chi connectivity index (χ2v) is 6.39. The third-order valence-corrected chi connectivity index (χ3v) is 4.45. The Labute approximate surface area is 126 Å². The van der Waals surface area contributed by atoms with E-state index in [1.54, 1.807) is 25.1 Å². The molecule has 0 bridgehead atoms. The van der Waals surface area contributed by atoms with Crippen LogP contribution in [0, 0.1) is 6.92 Å². The molecule has 1 aromatic heterocycles. The van der Waals surface area contributed by atoms with Gasteiger partial charge in [-0.2, -0.15) is 0 Å². The van der Waals surface area contributed by atoms with E-state index in [4.69, 9.17) is 16.3 Å². The molecule has 112 valence electrons. The number of methoxy groups -OCH3 is 1. The van der Waals surface area contributed by atoms with Crippen LogP contribution < -0.4 is 15.0 Å². The fourth-order valence-corrected chi connectivity index (χ4v) is 3.03. The van der Waals surface area contributed by atoms with Crippen LogP contribution >= 0.6 is 11.6 Å². The normalized spacial score (nSPS) is 11.2. The maximum absolute atomic E-state index is 12.2. The third kappa shape index (κ3) is 3.37. The molecule has 0 saturated carbocycles. The van der Waals surface area contributed by atoms with E-state index in [1.807, 2.05) is 0 Å². The number of hydrogen-bond donors (Lipinski definition) is 2. The molecule has 0 radical (unpaired) electrons. The van der Waals surface area contributed by atoms with Crippen molar-refractivity contribution in [3.8, 4) is 5.75 Å². The van der Waals surface area contributed by atoms with Crippen LogP contribution in [0.5, 0.6) is 5.75 Å². The molecular formula is C13H13ClN2O4S. The summed E-state index contributed by atoms with van der Waals surface area (Å²) in [5.74, 6) is 0.627. The Kier molecular flexibility index (Phi) is 4.24. The first-order chi connectivity index (χ1) is 9.83. The molecule has 0 aliphatic rings. The van der Waals surface area contributed by atoms with Crippen molar-refractivity contribution in [1.82, 2.24) is 4.98 Å². The van der Waals surface area contributed by atoms with Gasteiger partial charge < -0.3 is 9.72 Å². The Morgan fingerprint density at radius 1 is 1.29 bits per heavy atom. The van der Waals surface area contributed by atoms with Gasteiger partial charge in [-0.1, -0.05) is 11.6 Å². The van der Waals surface area contributed by atoms with Crippen molar-refractivity contribution in [3.63, 3.8) is 0 Å². The summed E-state index contributed by atoms with van der Waals surface area (Å²) in [5, 5.41) is -0.190. The van der Waals surface area contributed by atoms with E-state index in [0.29, 0.717) is 17.0 Å². The predicted molar refractivity (Wildman–Crippen MR) is 80.6 cm³/mol. The van der Waals surface area contributed by atoms with Crippen LogP contribution in [0.2, 0.25) is 5.02 Å². The minimum Gasteiger partial charge on any atom is -0.497 e. The van der Waals surface area contributed by atoms with Crippen LogP contribution in [0.1, 0.15) is 5.56 Å². The molecule has 0 amide bonds. The number of sulfonamides is 1. The van der Waals surface area contributed by atoms with Gasteiger partial charge in [0.25, 0.3) is 15.6 Å². The van der Waals surface area contributed by atoms with Crippen LogP contribution in [-0.4, -0.2) is 20.5 Å². The maximum Gasteiger partial charge on any atom is 0.266 e. The molecule has 8 heteroatoms. The zero-order valence-electron chi connectivity index (χ0n) is 11.3. The number of aromatic nitrogens is 1. The molecule has 0 aliphatic carbocycles. The third-order valence-electron chi connectivity index (χ3n) is 2.82. The molecule has 2 N–H and O–H groups in total. The molecule has 2 aromatic rings. The molecule has 0 spiro atoms. The van der Waals surface area contributed by atoms with E-state index in [2.05, 4.69) is 9.71 Å². The molecule has 2 rings (SSSR count). The summed E-state index contributed by atoms with van der Waals surface area (Å²) < 4.78 is 32.0. The van der Waals surface area contributed by atoms with E-state index < -0.39 is 15.6 Å². The lowest BCUT2D eigenvalue weighted by Gasteiger charge is -2.11. The van der Waals surface area contributed by atoms with Gasteiger partial charge in [0.15, 0.2) is 0 Å². The highest BCUT2D eigenvalue weighted by atomic mass is 35.5. The minimum atomic E-state index is -3.84. The Bertz CT molecular complexity index is 830. The van der Waals surface area contributed by atoms with Gasteiger partial charge in [-0.3, -0.25) is 9.52 Å². The SMILES string of the molecule is COc1ccc(NS(=O)(=O)c2c[nH]c(=O)c(Cl)c2)c(C)c1. The molecule has 1 heterocycles. The molecule has 0 saturated heterocycles. The first kappa shape index (κ1) is 15.4. The minimum absolute atomic E-state index is 0.123. The highest BCUT2D eigenvalue weighted by Crippen LogP contribution is 2.24. The number of pyridine rings is 1. The van der Waals surface area contributed by atoms with Gasteiger partial charge in [0.1, 0.15) is 15.7 Å². The van der Waals surface area contributed by atoms with Crippen molar-refractivity contribution in [2.75, 3.05) is 11.8 Å². The van der Waals surface area contributed by atoms with Crippen LogP contribution in [0.25, 0.3) is 0 Å². The number of halogens is 1. The Morgan fingerprint density at radius 3 is 2.57 bits per heavy atom. The van der Waals surface area contributed by atoms with Crippen molar-refractivity contribution in [1.29, 1.82) is 0 Å². The summed E-state index contributed by atoms with van der Waals surface area (Å²) >= 11 is 5.64. The summed E-state index contributed by atoms with van der Waals surface area (Å²) in [7, 11) is -2.31. The maximum atomic E-state index is 12.2. The topological polar surface area (TPSA) is 88.3 Å². The molecule has 0 atom stereocenters. The summed E-state index contributed by atoms with van der Waals surface area (Å²) in [6.45, 7) is 1.75. The average molecular weight is 329 g/mol. The number of benzene rings is 1. The van der Waals surface area contributed by atoms with Crippen LogP contribution in [0.15, 0.2) is 40.2 Å². The second kappa shape index (κ2) is 5.79. The number of aromatic amines is 1. The second-order valence-electron chi connectivity index (χ2n) is 4.30. The van der Waals surface area contributed by atoms with Gasteiger partial charge in [0, 0.05) is 6.20 Å². The lowest BCUT2D eigenvalue weighted by atomic mass is 10.2. The zero-order chi connectivity index (χ0) is 15.6. The van der Waals surface area contributed by atoms with Gasteiger partial charge in [0.2, 0.25) is 0 Å². The number of rotatable bonds is 4. The van der Waals surface area contributed by atoms with Crippen molar-refractivity contribution >= 4 is 27.3 Å². The van der Waals surface area contributed by atoms with Crippen LogP contribution in [0.4, 0.5) is 5.69 Å². The summed E-state index contributed by atoms with van der Waals surface area (Å²) in [5.41, 5.74) is 0.572. The molecule has 6 nitrogen and oxygen atoms in total. The number of hydrogen-bond acceptors (Lipinski definition) is 4. The van der Waals surface area contributed by atoms with Gasteiger partial charge in [-0.05, 0) is 36.8 Å². The standard InChI is InChI=1S/C13H13ClN2O4S/c1-8-5-9(20-2)3-4-12(8)16-21(18,19)10-6-11(14)13(17)15-7-10/h3-7,16H,1-2H3,(H,15,17). The molecular weight excluding hydrogens is 316 g/mol. The lowest BCUT2D eigenvalue weighted by molar-refractivity contribution is 0.414. The van der Waals surface area contributed by atoms with Crippen molar-refractivity contribution in [3.05, 3.63) is 51.4 Å². The van der Waals surface area contributed by atoms with Crippen LogP contribution in [0.3, 0.4) is 0 Å². The highest BCUT2D eigenvalue weighted by Gasteiger charge is 2.17. The molecule has 1 aromatic carbocycles. The zero-order valence-corrected chi connectivity index (χ0v) is 12.9. The van der Waals surface area contributed by atoms with E-state index in [9.17, 15) is 13.2 Å². The summed E-state index contributed by atoms with van der Waals surface area (Å²) in [6.07, 6.45) is 1.09. The van der Waals surface area contributed by atoms with E-state index in [0.717, 1.165) is 12.3 Å². The Balaban J connectivity index is 2.37. The highest BCUT2D eigenvalue weighted by molar-refractivity contribution is 7.92. The Morgan fingerprint density at radius 2 is 2.00 bits per heavy atom. The van der Waals surface area contributed by atoms with E-state index >= 15 is 0 Å². The summed E-state index contributed by atoms with van der Waals surface area (Å²) in [6, 6.07) is 6.04. The lowest BCUT2D eigenvalue weighted by Crippen LogP contribution is -2.16.